The molecule has 3 aromatic rings. The summed E-state index contributed by atoms with van der Waals surface area (Å²) < 4.78 is 7.34. The van der Waals surface area contributed by atoms with E-state index < -0.39 is 0 Å². The smallest absolute Gasteiger partial charge is 0.258 e. The molecule has 0 spiro atoms. The van der Waals surface area contributed by atoms with Crippen molar-refractivity contribution in [1.29, 1.82) is 0 Å². The first-order chi connectivity index (χ1) is 14.5. The average Bonchev–Trinajstić information content (AvgIpc) is 2.74. The Bertz CT molecular complexity index is 1020. The fourth-order valence-electron chi connectivity index (χ4n) is 3.10. The van der Waals surface area contributed by atoms with E-state index in [1.54, 1.807) is 16.8 Å². The molecule has 5 heteroatoms. The van der Waals surface area contributed by atoms with Gasteiger partial charge in [-0.3, -0.25) is 9.36 Å². The van der Waals surface area contributed by atoms with Gasteiger partial charge in [-0.25, -0.2) is 0 Å². The summed E-state index contributed by atoms with van der Waals surface area (Å²) in [5.74, 6) is 0.543. The molecule has 156 valence electrons. The molecule has 30 heavy (non-hydrogen) atoms. The first kappa shape index (κ1) is 21.9. The van der Waals surface area contributed by atoms with Crippen LogP contribution in [0.1, 0.15) is 24.5 Å². The van der Waals surface area contributed by atoms with Gasteiger partial charge in [-0.15, -0.1) is 0 Å². The van der Waals surface area contributed by atoms with Crippen LogP contribution in [0, 0.1) is 0 Å². The van der Waals surface area contributed by atoms with E-state index in [1.165, 1.54) is 6.07 Å². The molecule has 0 radical (unpaired) electrons. The second-order valence-electron chi connectivity index (χ2n) is 7.24. The van der Waals surface area contributed by atoms with Crippen molar-refractivity contribution in [2.45, 2.75) is 20.0 Å². The number of pyridine rings is 1. The highest BCUT2D eigenvalue weighted by Gasteiger charge is 2.03. The average molecular weight is 423 g/mol. The van der Waals surface area contributed by atoms with Crippen LogP contribution in [-0.2, 0) is 6.61 Å². The summed E-state index contributed by atoms with van der Waals surface area (Å²) in [5.41, 5.74) is 2.80. The van der Waals surface area contributed by atoms with Crippen LogP contribution in [0.4, 0.5) is 0 Å². The standard InChI is InChI=1S/C25H27ClN2O2/c1-3-15-27(2)16-4-5-20-8-12-23(13-9-20)28-17-14-24(18-25(28)29)30-19-21-6-10-22(26)11-7-21/h4-14,17-18H,3,15-16,19H2,1-2H3/b5-4+. The number of hydrogen-bond donors (Lipinski definition) is 0. The summed E-state index contributed by atoms with van der Waals surface area (Å²) in [6.45, 7) is 4.58. The van der Waals surface area contributed by atoms with Crippen LogP contribution in [-0.4, -0.2) is 29.6 Å². The lowest BCUT2D eigenvalue weighted by molar-refractivity contribution is 0.305. The van der Waals surface area contributed by atoms with Gasteiger partial charge in [0.1, 0.15) is 12.4 Å². The van der Waals surface area contributed by atoms with Crippen molar-refractivity contribution in [3.63, 3.8) is 0 Å². The number of hydrogen-bond acceptors (Lipinski definition) is 3. The minimum Gasteiger partial charge on any atom is -0.489 e. The number of nitrogens with zero attached hydrogens (tertiary/aromatic N) is 2. The molecule has 0 bridgehead atoms. The van der Waals surface area contributed by atoms with Crippen LogP contribution in [0.15, 0.2) is 77.7 Å². The molecule has 0 aliphatic carbocycles. The Morgan fingerprint density at radius 2 is 1.80 bits per heavy atom. The summed E-state index contributed by atoms with van der Waals surface area (Å²) in [6.07, 6.45) is 7.15. The first-order valence-corrected chi connectivity index (χ1v) is 10.5. The van der Waals surface area contributed by atoms with Crippen LogP contribution < -0.4 is 10.3 Å². The molecule has 0 unspecified atom stereocenters. The molecule has 0 aliphatic rings. The molecule has 0 aliphatic heterocycles. The van der Waals surface area contributed by atoms with Crippen molar-refractivity contribution in [2.24, 2.45) is 0 Å². The van der Waals surface area contributed by atoms with Crippen molar-refractivity contribution >= 4 is 17.7 Å². The quantitative estimate of drug-likeness (QED) is 0.461. The summed E-state index contributed by atoms with van der Waals surface area (Å²) in [7, 11) is 2.12. The van der Waals surface area contributed by atoms with Gasteiger partial charge in [-0.2, -0.15) is 0 Å². The third-order valence-electron chi connectivity index (χ3n) is 4.71. The van der Waals surface area contributed by atoms with Crippen molar-refractivity contribution in [3.8, 4) is 11.4 Å². The zero-order valence-corrected chi connectivity index (χ0v) is 18.2. The lowest BCUT2D eigenvalue weighted by Gasteiger charge is -2.12. The van der Waals surface area contributed by atoms with Crippen LogP contribution in [0.5, 0.6) is 5.75 Å². The fourth-order valence-corrected chi connectivity index (χ4v) is 3.22. The normalized spacial score (nSPS) is 11.3. The lowest BCUT2D eigenvalue weighted by Crippen LogP contribution is -2.18. The van der Waals surface area contributed by atoms with Crippen molar-refractivity contribution in [3.05, 3.63) is 99.4 Å². The van der Waals surface area contributed by atoms with Gasteiger partial charge >= 0.3 is 0 Å². The summed E-state index contributed by atoms with van der Waals surface area (Å²) in [6, 6.07) is 18.7. The van der Waals surface area contributed by atoms with E-state index in [2.05, 4.69) is 31.0 Å². The summed E-state index contributed by atoms with van der Waals surface area (Å²) >= 11 is 5.89. The van der Waals surface area contributed by atoms with Gasteiger partial charge in [0.25, 0.3) is 5.56 Å². The molecule has 0 saturated heterocycles. The molecular weight excluding hydrogens is 396 g/mol. The predicted molar refractivity (Wildman–Crippen MR) is 125 cm³/mol. The highest BCUT2D eigenvalue weighted by molar-refractivity contribution is 6.30. The minimum absolute atomic E-state index is 0.131. The Hall–Kier alpha value is -2.82. The van der Waals surface area contributed by atoms with Crippen molar-refractivity contribution in [2.75, 3.05) is 20.1 Å². The molecule has 0 fully saturated rings. The van der Waals surface area contributed by atoms with Crippen LogP contribution in [0.2, 0.25) is 5.02 Å². The molecule has 1 heterocycles. The molecule has 1 aromatic heterocycles. The summed E-state index contributed by atoms with van der Waals surface area (Å²) in [5, 5.41) is 0.687. The molecule has 0 amide bonds. The van der Waals surface area contributed by atoms with Crippen molar-refractivity contribution < 1.29 is 4.74 Å². The van der Waals surface area contributed by atoms with E-state index >= 15 is 0 Å². The van der Waals surface area contributed by atoms with Crippen LogP contribution in [0.3, 0.4) is 0 Å². The molecule has 3 rings (SSSR count). The van der Waals surface area contributed by atoms with Crippen molar-refractivity contribution in [1.82, 2.24) is 9.47 Å². The van der Waals surface area contributed by atoms with Crippen LogP contribution in [0.25, 0.3) is 11.8 Å². The molecular formula is C25H27ClN2O2. The van der Waals surface area contributed by atoms with Gasteiger partial charge in [0.05, 0.1) is 0 Å². The van der Waals surface area contributed by atoms with E-state index in [9.17, 15) is 4.79 Å². The van der Waals surface area contributed by atoms with Gasteiger partial charge < -0.3 is 9.64 Å². The number of benzene rings is 2. The molecule has 2 aromatic carbocycles. The Kier molecular flexibility index (Phi) is 7.89. The van der Waals surface area contributed by atoms with E-state index in [0.29, 0.717) is 17.4 Å². The number of ether oxygens (including phenoxy) is 1. The number of aromatic nitrogens is 1. The number of likely N-dealkylation sites (N-methyl/N-ethyl adjacent to an activating group) is 1. The van der Waals surface area contributed by atoms with E-state index in [0.717, 1.165) is 36.3 Å². The second-order valence-corrected chi connectivity index (χ2v) is 7.68. The maximum absolute atomic E-state index is 12.5. The largest absolute Gasteiger partial charge is 0.489 e. The zero-order chi connectivity index (χ0) is 21.3. The Balaban J connectivity index is 1.62. The minimum atomic E-state index is -0.131. The van der Waals surface area contributed by atoms with Crippen LogP contribution >= 0.6 is 11.6 Å². The molecule has 0 atom stereocenters. The molecule has 4 nitrogen and oxygen atoms in total. The van der Waals surface area contributed by atoms with E-state index in [1.807, 2.05) is 48.5 Å². The third kappa shape index (κ3) is 6.34. The predicted octanol–water partition coefficient (Wildman–Crippen LogP) is 5.42. The molecule has 0 N–H and O–H groups in total. The second kappa shape index (κ2) is 10.8. The first-order valence-electron chi connectivity index (χ1n) is 10.1. The Morgan fingerprint density at radius 3 is 2.47 bits per heavy atom. The zero-order valence-electron chi connectivity index (χ0n) is 17.4. The Labute approximate surface area is 183 Å². The lowest BCUT2D eigenvalue weighted by atomic mass is 10.2. The van der Waals surface area contributed by atoms with Gasteiger partial charge in [-0.1, -0.05) is 54.9 Å². The van der Waals surface area contributed by atoms with Gasteiger partial charge in [-0.05, 0) is 61.5 Å². The van der Waals surface area contributed by atoms with Gasteiger partial charge in [0.2, 0.25) is 0 Å². The monoisotopic (exact) mass is 422 g/mol. The van der Waals surface area contributed by atoms with E-state index in [4.69, 9.17) is 16.3 Å². The Morgan fingerprint density at radius 1 is 1.07 bits per heavy atom. The van der Waals surface area contributed by atoms with E-state index in [-0.39, 0.29) is 5.56 Å². The highest BCUT2D eigenvalue weighted by atomic mass is 35.5. The maximum Gasteiger partial charge on any atom is 0.258 e. The highest BCUT2D eigenvalue weighted by Crippen LogP contribution is 2.15. The maximum atomic E-state index is 12.5. The topological polar surface area (TPSA) is 34.5 Å². The molecule has 0 saturated carbocycles. The summed E-state index contributed by atoms with van der Waals surface area (Å²) in [4.78, 5) is 14.8. The number of rotatable bonds is 9. The fraction of sp³-hybridized carbons (Fsp3) is 0.240. The van der Waals surface area contributed by atoms with Gasteiger partial charge in [0, 0.05) is 29.5 Å². The SMILES string of the molecule is CCCN(C)C/C=C/c1ccc(-n2ccc(OCc3ccc(Cl)cc3)cc2=O)cc1. The third-order valence-corrected chi connectivity index (χ3v) is 4.97. The number of halogens is 1. The van der Waals surface area contributed by atoms with Gasteiger partial charge in [0.15, 0.2) is 0 Å².